The molecule has 0 aromatic heterocycles. The number of amides is 1. The van der Waals surface area contributed by atoms with E-state index >= 15 is 0 Å². The number of hydrogen-bond acceptors (Lipinski definition) is 5. The van der Waals surface area contributed by atoms with Crippen LogP contribution < -0.4 is 5.32 Å². The predicted molar refractivity (Wildman–Crippen MR) is 94.1 cm³/mol. The quantitative estimate of drug-likeness (QED) is 0.826. The first kappa shape index (κ1) is 18.1. The van der Waals surface area contributed by atoms with Crippen LogP contribution in [0.25, 0.3) is 0 Å². The van der Waals surface area contributed by atoms with Gasteiger partial charge < -0.3 is 5.32 Å². The Hall–Kier alpha value is -1.71. The number of nitrogens with one attached hydrogen (secondary N) is 1. The highest BCUT2D eigenvalue weighted by Crippen LogP contribution is 2.24. The highest BCUT2D eigenvalue weighted by atomic mass is 32.2. The number of allylic oxidation sites excluding steroid dienone is 1. The van der Waals surface area contributed by atoms with Crippen LogP contribution in [0.15, 0.2) is 40.6 Å². The van der Waals surface area contributed by atoms with Gasteiger partial charge in [0.05, 0.1) is 10.6 Å². The van der Waals surface area contributed by atoms with Crippen LogP contribution >= 0.6 is 0 Å². The van der Waals surface area contributed by atoms with Crippen LogP contribution in [-0.2, 0) is 24.7 Å². The van der Waals surface area contributed by atoms with E-state index in [1.165, 1.54) is 22.5 Å². The summed E-state index contributed by atoms with van der Waals surface area (Å²) in [7, 11) is -6.74. The van der Waals surface area contributed by atoms with Crippen molar-refractivity contribution in [2.75, 3.05) is 24.2 Å². The molecule has 2 aliphatic rings. The lowest BCUT2D eigenvalue weighted by molar-refractivity contribution is -0.116. The number of benzene rings is 1. The second kappa shape index (κ2) is 6.89. The molecule has 1 saturated heterocycles. The lowest BCUT2D eigenvalue weighted by Gasteiger charge is -2.16. The third-order valence-electron chi connectivity index (χ3n) is 4.27. The molecule has 9 heteroatoms. The molecule has 3 rings (SSSR count). The van der Waals surface area contributed by atoms with Crippen molar-refractivity contribution in [2.24, 2.45) is 5.92 Å². The summed E-state index contributed by atoms with van der Waals surface area (Å²) in [6.07, 6.45) is 3.27. The van der Waals surface area contributed by atoms with Gasteiger partial charge >= 0.3 is 0 Å². The van der Waals surface area contributed by atoms with Crippen molar-refractivity contribution < 1.29 is 21.6 Å². The van der Waals surface area contributed by atoms with E-state index in [4.69, 9.17) is 0 Å². The summed E-state index contributed by atoms with van der Waals surface area (Å²) in [5.41, 5.74) is 0.384. The lowest BCUT2D eigenvalue weighted by Crippen LogP contribution is -2.28. The van der Waals surface area contributed by atoms with Crippen molar-refractivity contribution in [3.8, 4) is 0 Å². The number of sulfonamides is 1. The molecule has 1 aromatic carbocycles. The Bertz CT molecular complexity index is 900. The van der Waals surface area contributed by atoms with E-state index < -0.39 is 19.9 Å². The fourth-order valence-corrected chi connectivity index (χ4v) is 5.99. The minimum Gasteiger partial charge on any atom is -0.326 e. The van der Waals surface area contributed by atoms with Crippen molar-refractivity contribution in [1.82, 2.24) is 4.31 Å². The van der Waals surface area contributed by atoms with Crippen molar-refractivity contribution in [3.05, 3.63) is 35.7 Å². The van der Waals surface area contributed by atoms with Gasteiger partial charge in [-0.2, -0.15) is 4.31 Å². The summed E-state index contributed by atoms with van der Waals surface area (Å²) in [6.45, 7) is 1.03. The number of sulfone groups is 1. The van der Waals surface area contributed by atoms with E-state index in [1.54, 1.807) is 12.1 Å². The van der Waals surface area contributed by atoms with E-state index in [0.717, 1.165) is 18.2 Å². The Morgan fingerprint density at radius 1 is 1.24 bits per heavy atom. The molecule has 1 aromatic rings. The van der Waals surface area contributed by atoms with Crippen LogP contribution in [0.2, 0.25) is 0 Å². The van der Waals surface area contributed by atoms with E-state index in [2.05, 4.69) is 5.32 Å². The Kier molecular flexibility index (Phi) is 4.99. The molecule has 0 spiro atoms. The molecular formula is C16H20N2O5S2. The first-order chi connectivity index (χ1) is 11.8. The van der Waals surface area contributed by atoms with Crippen molar-refractivity contribution in [2.45, 2.75) is 24.2 Å². The van der Waals surface area contributed by atoms with Gasteiger partial charge in [0.2, 0.25) is 15.9 Å². The normalized spacial score (nSPS) is 23.0. The molecule has 7 nitrogen and oxygen atoms in total. The van der Waals surface area contributed by atoms with Crippen LogP contribution in [0, 0.1) is 5.92 Å². The molecular weight excluding hydrogens is 364 g/mol. The summed E-state index contributed by atoms with van der Waals surface area (Å²) in [5, 5.41) is 3.78. The number of nitrogens with zero attached hydrogens (tertiary/aromatic N) is 1. The molecule has 1 unspecified atom stereocenters. The zero-order valence-corrected chi connectivity index (χ0v) is 15.2. The van der Waals surface area contributed by atoms with Crippen LogP contribution in [0.1, 0.15) is 19.3 Å². The molecule has 25 heavy (non-hydrogen) atoms. The lowest BCUT2D eigenvalue weighted by atomic mass is 10.1. The second-order valence-electron chi connectivity index (χ2n) is 6.31. The molecule has 0 bridgehead atoms. The van der Waals surface area contributed by atoms with Gasteiger partial charge in [0.25, 0.3) is 0 Å². The Labute approximate surface area is 147 Å². The van der Waals surface area contributed by atoms with Crippen molar-refractivity contribution in [1.29, 1.82) is 0 Å². The van der Waals surface area contributed by atoms with Crippen LogP contribution in [0.3, 0.4) is 0 Å². The van der Waals surface area contributed by atoms with E-state index in [-0.39, 0.29) is 28.9 Å². The van der Waals surface area contributed by atoms with E-state index in [0.29, 0.717) is 18.8 Å². The largest absolute Gasteiger partial charge is 0.326 e. The van der Waals surface area contributed by atoms with Crippen molar-refractivity contribution >= 4 is 31.5 Å². The summed E-state index contributed by atoms with van der Waals surface area (Å²) in [6, 6.07) is 6.14. The summed E-state index contributed by atoms with van der Waals surface area (Å²) >= 11 is 0. The highest BCUT2D eigenvalue weighted by molar-refractivity contribution is 7.94. The molecule has 1 fully saturated rings. The highest BCUT2D eigenvalue weighted by Gasteiger charge is 2.27. The zero-order valence-electron chi connectivity index (χ0n) is 13.6. The fourth-order valence-electron chi connectivity index (χ4n) is 3.03. The number of hydrogen-bond donors (Lipinski definition) is 1. The fraction of sp³-hybridized carbons (Fsp3) is 0.438. The van der Waals surface area contributed by atoms with Gasteiger partial charge in [-0.1, -0.05) is 12.1 Å². The third kappa shape index (κ3) is 4.28. The number of carbonyl (C=O) groups is 1. The number of carbonyl (C=O) groups excluding carboxylic acids is 1. The molecule has 0 radical (unpaired) electrons. The Balaban J connectivity index is 1.67. The monoisotopic (exact) mass is 384 g/mol. The number of anilines is 1. The van der Waals surface area contributed by atoms with Crippen LogP contribution in [0.5, 0.6) is 0 Å². The van der Waals surface area contributed by atoms with Gasteiger partial charge in [-0.05, 0) is 31.0 Å². The first-order valence-electron chi connectivity index (χ1n) is 8.07. The second-order valence-corrected chi connectivity index (χ2v) is 10.2. The summed E-state index contributed by atoms with van der Waals surface area (Å²) < 4.78 is 49.3. The zero-order chi connectivity index (χ0) is 18.1. The number of rotatable bonds is 5. The molecule has 2 aliphatic heterocycles. The van der Waals surface area contributed by atoms with Crippen LogP contribution in [0.4, 0.5) is 5.69 Å². The molecule has 1 N–H and O–H groups in total. The predicted octanol–water partition coefficient (Wildman–Crippen LogP) is 1.36. The third-order valence-corrected chi connectivity index (χ3v) is 7.63. The topological polar surface area (TPSA) is 101 Å². The van der Waals surface area contributed by atoms with E-state index in [1.807, 2.05) is 0 Å². The average Bonchev–Trinajstić information content (AvgIpc) is 3.17. The minimum absolute atomic E-state index is 0.0405. The van der Waals surface area contributed by atoms with Gasteiger partial charge in [0.1, 0.15) is 0 Å². The Morgan fingerprint density at radius 3 is 2.60 bits per heavy atom. The molecule has 1 amide bonds. The minimum atomic E-state index is -3.54. The molecule has 1 atom stereocenters. The smallest absolute Gasteiger partial charge is 0.243 e. The van der Waals surface area contributed by atoms with Gasteiger partial charge in [-0.25, -0.2) is 16.8 Å². The maximum atomic E-state index is 12.6. The molecule has 0 aliphatic carbocycles. The first-order valence-corrected chi connectivity index (χ1v) is 11.2. The molecule has 2 heterocycles. The van der Waals surface area contributed by atoms with Gasteiger partial charge in [0.15, 0.2) is 9.84 Å². The van der Waals surface area contributed by atoms with Gasteiger partial charge in [-0.3, -0.25) is 4.79 Å². The van der Waals surface area contributed by atoms with Crippen LogP contribution in [-0.4, -0.2) is 45.9 Å². The maximum absolute atomic E-state index is 12.6. The molecule has 0 saturated carbocycles. The Morgan fingerprint density at radius 2 is 1.96 bits per heavy atom. The van der Waals surface area contributed by atoms with Crippen molar-refractivity contribution in [3.63, 3.8) is 0 Å². The maximum Gasteiger partial charge on any atom is 0.243 e. The summed E-state index contributed by atoms with van der Waals surface area (Å²) in [5.74, 6) is -0.756. The summed E-state index contributed by atoms with van der Waals surface area (Å²) in [4.78, 5) is 12.2. The standard InChI is InChI=1S/C16H20N2O5S2/c19-16(10-13-6-9-24(20,21)12-13)17-14-4-3-5-15(11-14)25(22,23)18-7-1-2-8-18/h3-6,9,11,13H,1-2,7-8,10,12H2,(H,17,19). The molecule has 136 valence electrons. The van der Waals surface area contributed by atoms with Gasteiger partial charge in [-0.15, -0.1) is 0 Å². The SMILES string of the molecule is O=C(CC1C=CS(=O)(=O)C1)Nc1cccc(S(=O)(=O)N2CCCC2)c1. The van der Waals surface area contributed by atoms with Gasteiger partial charge in [0, 0.05) is 36.5 Å². The average molecular weight is 384 g/mol. The van der Waals surface area contributed by atoms with E-state index in [9.17, 15) is 21.6 Å².